The van der Waals surface area contributed by atoms with Crippen LogP contribution in [0.5, 0.6) is 0 Å². The van der Waals surface area contributed by atoms with Crippen molar-refractivity contribution >= 4 is 11.6 Å². The average Bonchev–Trinajstić information content (AvgIpc) is 2.75. The lowest BCUT2D eigenvalue weighted by Crippen LogP contribution is -2.24. The Kier molecular flexibility index (Phi) is 12.5. The molecular weight excluding hydrogens is 412 g/mol. The van der Waals surface area contributed by atoms with Gasteiger partial charge in [0, 0.05) is 11.1 Å². The Labute approximate surface area is 200 Å². The standard InChI is InChI=1S/C29H42O4/c1-20(2)12-9-13-21(3)14-10-15-22(4)16-11-17-23(5)18-19-25-24(6)26(30)28(32-7)29(33-8)27(25)31/h12,14,16,18H,9-11,13,15,17,19H2,1-8H3/b21-14+,22-16-,23-18+. The Bertz CT molecular complexity index is 900. The Balaban J connectivity index is 2.56. The van der Waals surface area contributed by atoms with Crippen LogP contribution in [0.25, 0.3) is 0 Å². The first-order chi connectivity index (χ1) is 15.6. The van der Waals surface area contributed by atoms with Crippen LogP contribution in [-0.2, 0) is 19.1 Å². The fourth-order valence-electron chi connectivity index (χ4n) is 3.70. The van der Waals surface area contributed by atoms with Crippen LogP contribution in [0.2, 0.25) is 0 Å². The summed E-state index contributed by atoms with van der Waals surface area (Å²) in [6.45, 7) is 12.4. The number of carbonyl (C=O) groups excluding carboxylic acids is 2. The molecule has 4 heteroatoms. The minimum Gasteiger partial charge on any atom is -0.489 e. The highest BCUT2D eigenvalue weighted by Gasteiger charge is 2.33. The van der Waals surface area contributed by atoms with Gasteiger partial charge in [-0.15, -0.1) is 0 Å². The summed E-state index contributed by atoms with van der Waals surface area (Å²) < 4.78 is 10.2. The van der Waals surface area contributed by atoms with Crippen molar-refractivity contribution in [1.82, 2.24) is 0 Å². The SMILES string of the molecule is COC1=C(OC)C(=O)C(C/C=C(\C)CC/C=C(/C)CC/C=C(\C)CCC=C(C)C)=C(C)C1=O. The molecule has 4 nitrogen and oxygen atoms in total. The first-order valence-corrected chi connectivity index (χ1v) is 11.8. The summed E-state index contributed by atoms with van der Waals surface area (Å²) in [5.74, 6) is -0.567. The number of ketones is 2. The highest BCUT2D eigenvalue weighted by atomic mass is 16.5. The molecule has 0 atom stereocenters. The molecule has 0 spiro atoms. The zero-order valence-corrected chi connectivity index (χ0v) is 21.9. The van der Waals surface area contributed by atoms with Gasteiger partial charge in [0.25, 0.3) is 0 Å². The number of methoxy groups -OCH3 is 2. The van der Waals surface area contributed by atoms with Crippen LogP contribution in [0.4, 0.5) is 0 Å². The lowest BCUT2D eigenvalue weighted by Gasteiger charge is -2.19. The van der Waals surface area contributed by atoms with Gasteiger partial charge in [0.2, 0.25) is 23.1 Å². The van der Waals surface area contributed by atoms with E-state index in [1.165, 1.54) is 36.5 Å². The number of ether oxygens (including phenoxy) is 2. The zero-order valence-electron chi connectivity index (χ0n) is 21.9. The molecule has 0 aromatic heterocycles. The van der Waals surface area contributed by atoms with Gasteiger partial charge in [-0.25, -0.2) is 0 Å². The molecule has 0 unspecified atom stereocenters. The van der Waals surface area contributed by atoms with Gasteiger partial charge < -0.3 is 9.47 Å². The van der Waals surface area contributed by atoms with Gasteiger partial charge in [-0.1, -0.05) is 46.6 Å². The summed E-state index contributed by atoms with van der Waals surface area (Å²) in [4.78, 5) is 25.2. The van der Waals surface area contributed by atoms with Gasteiger partial charge in [0.1, 0.15) is 0 Å². The Morgan fingerprint density at radius 2 is 1.09 bits per heavy atom. The van der Waals surface area contributed by atoms with E-state index in [4.69, 9.17) is 9.47 Å². The van der Waals surface area contributed by atoms with E-state index < -0.39 is 0 Å². The maximum absolute atomic E-state index is 12.7. The third kappa shape index (κ3) is 9.41. The van der Waals surface area contributed by atoms with Crippen molar-refractivity contribution in [3.05, 3.63) is 69.3 Å². The number of allylic oxidation sites excluding steroid dienone is 10. The lowest BCUT2D eigenvalue weighted by molar-refractivity contribution is -0.121. The molecule has 33 heavy (non-hydrogen) atoms. The van der Waals surface area contributed by atoms with Gasteiger partial charge in [0.15, 0.2) is 0 Å². The molecule has 0 fully saturated rings. The fraction of sp³-hybridized carbons (Fsp3) is 0.517. The van der Waals surface area contributed by atoms with E-state index in [1.807, 2.05) is 6.08 Å². The maximum Gasteiger partial charge on any atom is 0.228 e. The molecule has 0 saturated carbocycles. The Morgan fingerprint density at radius 1 is 0.667 bits per heavy atom. The van der Waals surface area contributed by atoms with Crippen molar-refractivity contribution in [2.24, 2.45) is 0 Å². The van der Waals surface area contributed by atoms with Gasteiger partial charge in [0.05, 0.1) is 14.2 Å². The van der Waals surface area contributed by atoms with Crippen molar-refractivity contribution in [2.45, 2.75) is 86.5 Å². The zero-order chi connectivity index (χ0) is 25.0. The molecule has 0 amide bonds. The van der Waals surface area contributed by atoms with Crippen LogP contribution < -0.4 is 0 Å². The summed E-state index contributed by atoms with van der Waals surface area (Å²) in [6, 6.07) is 0. The molecule has 0 heterocycles. The van der Waals surface area contributed by atoms with Crippen molar-refractivity contribution in [3.63, 3.8) is 0 Å². The summed E-state index contributed by atoms with van der Waals surface area (Å²) >= 11 is 0. The molecule has 0 aromatic carbocycles. The predicted octanol–water partition coefficient (Wildman–Crippen LogP) is 7.49. The molecule has 0 radical (unpaired) electrons. The van der Waals surface area contributed by atoms with E-state index >= 15 is 0 Å². The molecule has 0 N–H and O–H groups in total. The number of hydrogen-bond acceptors (Lipinski definition) is 4. The van der Waals surface area contributed by atoms with E-state index in [0.29, 0.717) is 17.6 Å². The highest BCUT2D eigenvalue weighted by Crippen LogP contribution is 2.28. The fourth-order valence-corrected chi connectivity index (χ4v) is 3.70. The molecular formula is C29H42O4. The van der Waals surface area contributed by atoms with E-state index in [9.17, 15) is 9.59 Å². The Hall–Kier alpha value is -2.62. The third-order valence-corrected chi connectivity index (χ3v) is 5.90. The van der Waals surface area contributed by atoms with E-state index in [1.54, 1.807) is 6.92 Å². The normalized spacial score (nSPS) is 15.9. The maximum atomic E-state index is 12.7. The van der Waals surface area contributed by atoms with Crippen LogP contribution in [0, 0.1) is 0 Å². The van der Waals surface area contributed by atoms with Crippen LogP contribution in [0.1, 0.15) is 86.5 Å². The first-order valence-electron chi connectivity index (χ1n) is 11.8. The molecule has 0 aromatic rings. The van der Waals surface area contributed by atoms with E-state index in [0.717, 1.165) is 38.5 Å². The van der Waals surface area contributed by atoms with Gasteiger partial charge in [-0.05, 0) is 86.5 Å². The lowest BCUT2D eigenvalue weighted by atomic mass is 9.90. The van der Waals surface area contributed by atoms with Crippen molar-refractivity contribution < 1.29 is 19.1 Å². The average molecular weight is 455 g/mol. The molecule has 1 aliphatic carbocycles. The molecule has 182 valence electrons. The summed E-state index contributed by atoms with van der Waals surface area (Å²) in [6.07, 6.45) is 15.7. The Morgan fingerprint density at radius 3 is 1.55 bits per heavy atom. The van der Waals surface area contributed by atoms with Crippen LogP contribution in [0.3, 0.4) is 0 Å². The van der Waals surface area contributed by atoms with Gasteiger partial charge in [-0.3, -0.25) is 9.59 Å². The minimum absolute atomic E-state index is 0.00561. The monoisotopic (exact) mass is 454 g/mol. The first kappa shape index (κ1) is 28.4. The molecule has 1 aliphatic rings. The summed E-state index contributed by atoms with van der Waals surface area (Å²) in [5.41, 5.74) is 6.37. The quantitative estimate of drug-likeness (QED) is 0.214. The van der Waals surface area contributed by atoms with E-state index in [2.05, 4.69) is 52.8 Å². The van der Waals surface area contributed by atoms with Gasteiger partial charge in [-0.2, -0.15) is 0 Å². The second-order valence-corrected chi connectivity index (χ2v) is 9.08. The van der Waals surface area contributed by atoms with Crippen LogP contribution in [-0.4, -0.2) is 25.8 Å². The van der Waals surface area contributed by atoms with Crippen LogP contribution >= 0.6 is 0 Å². The van der Waals surface area contributed by atoms with Crippen LogP contribution in [0.15, 0.2) is 69.3 Å². The highest BCUT2D eigenvalue weighted by molar-refractivity contribution is 6.23. The summed E-state index contributed by atoms with van der Waals surface area (Å²) in [7, 11) is 2.76. The van der Waals surface area contributed by atoms with E-state index in [-0.39, 0.29) is 23.1 Å². The minimum atomic E-state index is -0.283. The molecule has 0 bridgehead atoms. The number of carbonyl (C=O) groups is 2. The van der Waals surface area contributed by atoms with Crippen molar-refractivity contribution in [1.29, 1.82) is 0 Å². The topological polar surface area (TPSA) is 52.6 Å². The van der Waals surface area contributed by atoms with Crippen molar-refractivity contribution in [3.8, 4) is 0 Å². The molecule has 0 aliphatic heterocycles. The third-order valence-electron chi connectivity index (χ3n) is 5.90. The predicted molar refractivity (Wildman–Crippen MR) is 137 cm³/mol. The summed E-state index contributed by atoms with van der Waals surface area (Å²) in [5, 5.41) is 0. The second-order valence-electron chi connectivity index (χ2n) is 9.08. The number of rotatable bonds is 13. The molecule has 1 rings (SSSR count). The number of Topliss-reactive ketones (excluding diaryl/α,β-unsaturated/α-hetero) is 2. The second kappa shape index (κ2) is 14.5. The van der Waals surface area contributed by atoms with Crippen molar-refractivity contribution in [2.75, 3.05) is 14.2 Å². The van der Waals surface area contributed by atoms with Gasteiger partial charge >= 0.3 is 0 Å². The molecule has 0 saturated heterocycles. The smallest absolute Gasteiger partial charge is 0.228 e. The largest absolute Gasteiger partial charge is 0.489 e. The number of hydrogen-bond donors (Lipinski definition) is 0.